The predicted molar refractivity (Wildman–Crippen MR) is 122 cm³/mol. The molecule has 0 spiro atoms. The fraction of sp³-hybridized carbons (Fsp3) is 0.136. The molecule has 9 nitrogen and oxygen atoms in total. The molecule has 164 valence electrons. The molecular weight excluding hydrogens is 480 g/mol. The number of ether oxygens (including phenoxy) is 2. The van der Waals surface area contributed by atoms with E-state index in [1.54, 1.807) is 42.6 Å². The fourth-order valence-electron chi connectivity index (χ4n) is 2.66. The highest BCUT2D eigenvalue weighted by Crippen LogP contribution is 2.37. The molecule has 32 heavy (non-hydrogen) atoms. The number of nitrogens with zero attached hydrogens (tertiary/aromatic N) is 3. The highest BCUT2D eigenvalue weighted by molar-refractivity contribution is 9.10. The lowest BCUT2D eigenvalue weighted by molar-refractivity contribution is -0.384. The summed E-state index contributed by atoms with van der Waals surface area (Å²) in [4.78, 5) is 26.3. The summed E-state index contributed by atoms with van der Waals surface area (Å²) in [6.45, 7) is 2.47. The molecule has 0 aliphatic rings. The summed E-state index contributed by atoms with van der Waals surface area (Å²) in [5.74, 6) is 0.604. The molecule has 1 aromatic heterocycles. The van der Waals surface area contributed by atoms with Crippen molar-refractivity contribution in [3.63, 3.8) is 0 Å². The van der Waals surface area contributed by atoms with Gasteiger partial charge in [-0.15, -0.1) is 0 Å². The van der Waals surface area contributed by atoms with Gasteiger partial charge in [0.1, 0.15) is 6.61 Å². The van der Waals surface area contributed by atoms with Gasteiger partial charge in [0.05, 0.1) is 27.8 Å². The van der Waals surface area contributed by atoms with Crippen molar-refractivity contribution in [2.45, 2.75) is 13.5 Å². The Bertz CT molecular complexity index is 1120. The standard InChI is InChI=1S/C22H19BrN4O5/c1-2-31-20-11-16(12-25-26-22(28)17-4-3-9-24-13-17)10-19(23)21(20)32-14-15-5-7-18(8-6-15)27(29)30/h3-13H,2,14H2,1H3,(H,26,28)/b25-12-. The molecule has 0 saturated heterocycles. The van der Waals surface area contributed by atoms with Gasteiger partial charge in [0.2, 0.25) is 0 Å². The molecule has 1 N–H and O–H groups in total. The van der Waals surface area contributed by atoms with Crippen LogP contribution in [-0.2, 0) is 6.61 Å². The van der Waals surface area contributed by atoms with Crippen LogP contribution in [-0.4, -0.2) is 28.6 Å². The van der Waals surface area contributed by atoms with E-state index in [4.69, 9.17) is 9.47 Å². The first-order chi connectivity index (χ1) is 15.5. The number of nitro groups is 1. The van der Waals surface area contributed by atoms with Crippen LogP contribution in [0.5, 0.6) is 11.5 Å². The number of hydrogen-bond donors (Lipinski definition) is 1. The number of carbonyl (C=O) groups excluding carboxylic acids is 1. The number of pyridine rings is 1. The third-order valence-corrected chi connectivity index (χ3v) is 4.75. The summed E-state index contributed by atoms with van der Waals surface area (Å²) < 4.78 is 12.2. The van der Waals surface area contributed by atoms with Crippen LogP contribution in [0.3, 0.4) is 0 Å². The van der Waals surface area contributed by atoms with Crippen LogP contribution >= 0.6 is 15.9 Å². The zero-order valence-corrected chi connectivity index (χ0v) is 18.6. The molecule has 3 rings (SSSR count). The number of hydrogen-bond acceptors (Lipinski definition) is 7. The van der Waals surface area contributed by atoms with Crippen molar-refractivity contribution in [1.29, 1.82) is 0 Å². The van der Waals surface area contributed by atoms with Gasteiger partial charge in [-0.05, 0) is 70.4 Å². The highest BCUT2D eigenvalue weighted by atomic mass is 79.9. The van der Waals surface area contributed by atoms with Crippen molar-refractivity contribution in [3.8, 4) is 11.5 Å². The third kappa shape index (κ3) is 6.11. The van der Waals surface area contributed by atoms with Gasteiger partial charge in [0, 0.05) is 24.5 Å². The van der Waals surface area contributed by atoms with E-state index in [9.17, 15) is 14.9 Å². The summed E-state index contributed by atoms with van der Waals surface area (Å²) in [5.41, 5.74) is 4.31. The van der Waals surface area contributed by atoms with E-state index < -0.39 is 4.92 Å². The largest absolute Gasteiger partial charge is 0.490 e. The summed E-state index contributed by atoms with van der Waals surface area (Å²) >= 11 is 3.48. The predicted octanol–water partition coefficient (Wildman–Crippen LogP) is 4.49. The summed E-state index contributed by atoms with van der Waals surface area (Å²) in [7, 11) is 0. The number of nitrogens with one attached hydrogen (secondary N) is 1. The molecule has 2 aromatic carbocycles. The van der Waals surface area contributed by atoms with Crippen LogP contribution < -0.4 is 14.9 Å². The van der Waals surface area contributed by atoms with Gasteiger partial charge in [0.25, 0.3) is 11.6 Å². The second kappa shape index (κ2) is 11.0. The van der Waals surface area contributed by atoms with Crippen LogP contribution in [0.4, 0.5) is 5.69 Å². The molecule has 0 saturated carbocycles. The molecule has 0 unspecified atom stereocenters. The summed E-state index contributed by atoms with van der Waals surface area (Å²) in [6, 6.07) is 12.9. The van der Waals surface area contributed by atoms with Crippen molar-refractivity contribution >= 4 is 33.7 Å². The van der Waals surface area contributed by atoms with Crippen molar-refractivity contribution in [2.75, 3.05) is 6.61 Å². The Morgan fingerprint density at radius 1 is 1.25 bits per heavy atom. The number of hydrazone groups is 1. The number of carbonyl (C=O) groups is 1. The maximum absolute atomic E-state index is 12.0. The number of aromatic nitrogens is 1. The van der Waals surface area contributed by atoms with Gasteiger partial charge in [-0.2, -0.15) is 5.10 Å². The minimum absolute atomic E-state index is 0.0178. The molecule has 0 fully saturated rings. The Labute approximate surface area is 192 Å². The van der Waals surface area contributed by atoms with Gasteiger partial charge in [-0.25, -0.2) is 5.43 Å². The van der Waals surface area contributed by atoms with E-state index in [2.05, 4.69) is 31.4 Å². The van der Waals surface area contributed by atoms with Crippen LogP contribution in [0.15, 0.2) is 70.5 Å². The average molecular weight is 499 g/mol. The van der Waals surface area contributed by atoms with Gasteiger partial charge < -0.3 is 9.47 Å². The fourth-order valence-corrected chi connectivity index (χ4v) is 3.24. The molecule has 0 bridgehead atoms. The Hall–Kier alpha value is -3.79. The molecular formula is C22H19BrN4O5. The zero-order chi connectivity index (χ0) is 22.9. The smallest absolute Gasteiger partial charge is 0.272 e. The Balaban J connectivity index is 1.71. The zero-order valence-electron chi connectivity index (χ0n) is 17.0. The van der Waals surface area contributed by atoms with Crippen LogP contribution in [0, 0.1) is 10.1 Å². The first-order valence-corrected chi connectivity index (χ1v) is 10.3. The number of amides is 1. The van der Waals surface area contributed by atoms with Gasteiger partial charge >= 0.3 is 0 Å². The lowest BCUT2D eigenvalue weighted by atomic mass is 10.2. The number of non-ortho nitro benzene ring substituents is 1. The maximum atomic E-state index is 12.0. The molecule has 1 heterocycles. The molecule has 10 heteroatoms. The lowest BCUT2D eigenvalue weighted by Gasteiger charge is -2.14. The number of rotatable bonds is 9. The number of halogens is 1. The molecule has 0 aliphatic carbocycles. The van der Waals surface area contributed by atoms with Gasteiger partial charge in [-0.1, -0.05) is 0 Å². The number of benzene rings is 2. The molecule has 0 radical (unpaired) electrons. The van der Waals surface area contributed by atoms with Crippen molar-refractivity contribution in [1.82, 2.24) is 10.4 Å². The second-order valence-corrected chi connectivity index (χ2v) is 7.27. The van der Waals surface area contributed by atoms with Gasteiger partial charge in [0.15, 0.2) is 11.5 Å². The van der Waals surface area contributed by atoms with Crippen LogP contribution in [0.2, 0.25) is 0 Å². The van der Waals surface area contributed by atoms with Crippen LogP contribution in [0.1, 0.15) is 28.4 Å². The van der Waals surface area contributed by atoms with Crippen LogP contribution in [0.25, 0.3) is 0 Å². The van der Waals surface area contributed by atoms with E-state index in [1.807, 2.05) is 6.92 Å². The first-order valence-electron chi connectivity index (χ1n) is 9.54. The molecule has 3 aromatic rings. The van der Waals surface area contributed by atoms with E-state index in [-0.39, 0.29) is 18.2 Å². The topological polar surface area (TPSA) is 116 Å². The Morgan fingerprint density at radius 3 is 2.69 bits per heavy atom. The highest BCUT2D eigenvalue weighted by Gasteiger charge is 2.13. The monoisotopic (exact) mass is 498 g/mol. The van der Waals surface area contributed by atoms with Crippen molar-refractivity contribution in [2.24, 2.45) is 5.10 Å². The molecule has 0 atom stereocenters. The first kappa shape index (κ1) is 22.9. The Kier molecular flexibility index (Phi) is 7.87. The SMILES string of the molecule is CCOc1cc(/C=N\NC(=O)c2cccnc2)cc(Br)c1OCc1ccc([N+](=O)[O-])cc1. The number of nitro benzene ring substituents is 1. The average Bonchev–Trinajstić information content (AvgIpc) is 2.79. The minimum Gasteiger partial charge on any atom is -0.490 e. The van der Waals surface area contributed by atoms with Crippen molar-refractivity contribution < 1.29 is 19.2 Å². The van der Waals surface area contributed by atoms with Crippen molar-refractivity contribution in [3.05, 3.63) is 92.2 Å². The maximum Gasteiger partial charge on any atom is 0.272 e. The molecule has 0 aliphatic heterocycles. The second-order valence-electron chi connectivity index (χ2n) is 6.42. The van der Waals surface area contributed by atoms with E-state index in [0.29, 0.717) is 33.7 Å². The Morgan fingerprint density at radius 2 is 2.03 bits per heavy atom. The minimum atomic E-state index is -0.451. The normalized spacial score (nSPS) is 10.7. The quantitative estimate of drug-likeness (QED) is 0.264. The lowest BCUT2D eigenvalue weighted by Crippen LogP contribution is -2.17. The van der Waals surface area contributed by atoms with Gasteiger partial charge in [-0.3, -0.25) is 19.9 Å². The van der Waals surface area contributed by atoms with E-state index >= 15 is 0 Å². The molecule has 1 amide bonds. The van der Waals surface area contributed by atoms with E-state index in [0.717, 1.165) is 5.56 Å². The van der Waals surface area contributed by atoms with E-state index in [1.165, 1.54) is 24.5 Å². The summed E-state index contributed by atoms with van der Waals surface area (Å²) in [5, 5.41) is 14.8. The third-order valence-electron chi connectivity index (χ3n) is 4.17. The summed E-state index contributed by atoms with van der Waals surface area (Å²) in [6.07, 6.45) is 4.52.